The predicted octanol–water partition coefficient (Wildman–Crippen LogP) is 17.3. The van der Waals surface area contributed by atoms with Crippen LogP contribution in [0.4, 0.5) is 0 Å². The van der Waals surface area contributed by atoms with E-state index in [1.165, 1.54) is 32.1 Å². The van der Waals surface area contributed by atoms with Gasteiger partial charge in [0.05, 0.1) is 0 Å². The average molecular weight is 899 g/mol. The molecule has 366 valence electrons. The standard InChI is InChI=1S/C59H94O6/c1-4-7-10-13-15-17-19-21-23-25-27-29-31-33-35-37-39-41-43-46-49-52-58(61)64-55-56(54-63-57(60)51-48-45-12-9-6-3)65-59(62)53-50-47-44-42-40-38-36-34-32-30-28-26-24-22-20-18-16-14-11-8-5-2/h7-8,10-11,15-18,21-24,27-30,33,35,39,41,56H,4-6,9,12-14,19-20,25-26,31-32,34,36-38,40,42-55H2,1-3H3/b10-7-,11-8-,17-15-,18-16-,23-21-,24-22-,29-27-,30-28-,35-33-,41-39-. The lowest BCUT2D eigenvalue weighted by atomic mass is 10.1. The van der Waals surface area contributed by atoms with Gasteiger partial charge < -0.3 is 14.2 Å². The second-order valence-electron chi connectivity index (χ2n) is 16.7. The molecular weight excluding hydrogens is 805 g/mol. The second-order valence-corrected chi connectivity index (χ2v) is 16.7. The first kappa shape index (κ1) is 60.8. The van der Waals surface area contributed by atoms with E-state index in [0.29, 0.717) is 25.7 Å². The van der Waals surface area contributed by atoms with Gasteiger partial charge in [0.15, 0.2) is 6.10 Å². The Morgan fingerprint density at radius 3 is 0.969 bits per heavy atom. The van der Waals surface area contributed by atoms with Crippen LogP contribution in [0.3, 0.4) is 0 Å². The van der Waals surface area contributed by atoms with Gasteiger partial charge in [-0.2, -0.15) is 0 Å². The van der Waals surface area contributed by atoms with Gasteiger partial charge in [0.2, 0.25) is 0 Å². The van der Waals surface area contributed by atoms with E-state index >= 15 is 0 Å². The molecule has 0 aliphatic carbocycles. The van der Waals surface area contributed by atoms with Crippen LogP contribution in [-0.4, -0.2) is 37.2 Å². The minimum absolute atomic E-state index is 0.0994. The normalized spacial score (nSPS) is 13.1. The quantitative estimate of drug-likeness (QED) is 0.0262. The molecule has 1 unspecified atom stereocenters. The Balaban J connectivity index is 4.28. The molecule has 0 rings (SSSR count). The largest absolute Gasteiger partial charge is 0.462 e. The van der Waals surface area contributed by atoms with Gasteiger partial charge in [-0.1, -0.05) is 206 Å². The number of unbranched alkanes of at least 4 members (excludes halogenated alkanes) is 14. The lowest BCUT2D eigenvalue weighted by Gasteiger charge is -2.18. The molecule has 0 fully saturated rings. The van der Waals surface area contributed by atoms with Crippen molar-refractivity contribution in [2.45, 2.75) is 219 Å². The average Bonchev–Trinajstić information content (AvgIpc) is 3.30. The topological polar surface area (TPSA) is 78.9 Å². The minimum atomic E-state index is -0.800. The highest BCUT2D eigenvalue weighted by molar-refractivity contribution is 5.71. The van der Waals surface area contributed by atoms with Crippen molar-refractivity contribution in [3.8, 4) is 0 Å². The molecule has 0 heterocycles. The first-order valence-corrected chi connectivity index (χ1v) is 26.0. The molecule has 0 saturated carbocycles. The monoisotopic (exact) mass is 899 g/mol. The predicted molar refractivity (Wildman–Crippen MR) is 279 cm³/mol. The molecule has 0 aromatic rings. The summed E-state index contributed by atoms with van der Waals surface area (Å²) in [6, 6.07) is 0. The zero-order chi connectivity index (χ0) is 47.2. The van der Waals surface area contributed by atoms with Crippen molar-refractivity contribution >= 4 is 17.9 Å². The Kier molecular flexibility index (Phi) is 49.1. The van der Waals surface area contributed by atoms with Gasteiger partial charge in [0.1, 0.15) is 13.2 Å². The highest BCUT2D eigenvalue weighted by Gasteiger charge is 2.19. The Morgan fingerprint density at radius 2 is 0.600 bits per heavy atom. The van der Waals surface area contributed by atoms with E-state index < -0.39 is 6.10 Å². The van der Waals surface area contributed by atoms with Gasteiger partial charge in [-0.3, -0.25) is 14.4 Å². The summed E-state index contributed by atoms with van der Waals surface area (Å²) >= 11 is 0. The van der Waals surface area contributed by atoms with Crippen LogP contribution < -0.4 is 0 Å². The molecule has 0 amide bonds. The fourth-order valence-electron chi connectivity index (χ4n) is 6.61. The third-order valence-corrected chi connectivity index (χ3v) is 10.5. The summed E-state index contributed by atoms with van der Waals surface area (Å²) in [7, 11) is 0. The SMILES string of the molecule is CC/C=C\C/C=C\C/C=C\C/C=C\C/C=C\C/C=C\CCCCC(=O)OCC(COC(=O)CCCCCCC)OC(=O)CCCCCCCCCC/C=C\C/C=C\C/C=C\C/C=C\CC. The summed E-state index contributed by atoms with van der Waals surface area (Å²) in [5.74, 6) is -0.974. The lowest BCUT2D eigenvalue weighted by molar-refractivity contribution is -0.167. The number of hydrogen-bond donors (Lipinski definition) is 0. The van der Waals surface area contributed by atoms with E-state index in [0.717, 1.165) is 135 Å². The molecule has 0 spiro atoms. The van der Waals surface area contributed by atoms with Crippen molar-refractivity contribution in [2.75, 3.05) is 13.2 Å². The Bertz CT molecular complexity index is 1400. The summed E-state index contributed by atoms with van der Waals surface area (Å²) in [5, 5.41) is 0. The summed E-state index contributed by atoms with van der Waals surface area (Å²) in [5.41, 5.74) is 0. The maximum Gasteiger partial charge on any atom is 0.306 e. The van der Waals surface area contributed by atoms with Crippen molar-refractivity contribution in [3.05, 3.63) is 122 Å². The summed E-state index contributed by atoms with van der Waals surface area (Å²) in [6.07, 6.45) is 72.2. The van der Waals surface area contributed by atoms with Crippen molar-refractivity contribution < 1.29 is 28.6 Å². The van der Waals surface area contributed by atoms with Gasteiger partial charge in [-0.15, -0.1) is 0 Å². The zero-order valence-electron chi connectivity index (χ0n) is 41.7. The van der Waals surface area contributed by atoms with Crippen LogP contribution in [0.1, 0.15) is 213 Å². The van der Waals surface area contributed by atoms with Crippen LogP contribution >= 0.6 is 0 Å². The Labute approximate surface area is 399 Å². The van der Waals surface area contributed by atoms with E-state index in [1.54, 1.807) is 0 Å². The highest BCUT2D eigenvalue weighted by Crippen LogP contribution is 2.13. The van der Waals surface area contributed by atoms with E-state index in [-0.39, 0.29) is 31.1 Å². The van der Waals surface area contributed by atoms with Crippen molar-refractivity contribution in [1.29, 1.82) is 0 Å². The zero-order valence-corrected chi connectivity index (χ0v) is 41.7. The minimum Gasteiger partial charge on any atom is -0.462 e. The third-order valence-electron chi connectivity index (χ3n) is 10.5. The molecule has 0 radical (unpaired) electrons. The molecule has 1 atom stereocenters. The van der Waals surface area contributed by atoms with Gasteiger partial charge in [-0.25, -0.2) is 0 Å². The van der Waals surface area contributed by atoms with Gasteiger partial charge in [0, 0.05) is 19.3 Å². The lowest BCUT2D eigenvalue weighted by Crippen LogP contribution is -2.30. The molecule has 6 heteroatoms. The molecular formula is C59H94O6. The molecule has 6 nitrogen and oxygen atoms in total. The molecule has 65 heavy (non-hydrogen) atoms. The number of rotatable bonds is 45. The summed E-state index contributed by atoms with van der Waals surface area (Å²) in [4.78, 5) is 37.7. The first-order chi connectivity index (χ1) is 32.0. The number of allylic oxidation sites excluding steroid dienone is 20. The van der Waals surface area contributed by atoms with Gasteiger partial charge in [-0.05, 0) is 109 Å². The molecule has 0 aromatic carbocycles. The Hall–Kier alpha value is -4.19. The fourth-order valence-corrected chi connectivity index (χ4v) is 6.61. The third kappa shape index (κ3) is 50.7. The smallest absolute Gasteiger partial charge is 0.306 e. The number of esters is 3. The Morgan fingerprint density at radius 1 is 0.323 bits per heavy atom. The number of ether oxygens (including phenoxy) is 3. The van der Waals surface area contributed by atoms with Crippen molar-refractivity contribution in [3.63, 3.8) is 0 Å². The van der Waals surface area contributed by atoms with E-state index in [4.69, 9.17) is 14.2 Å². The summed E-state index contributed by atoms with van der Waals surface area (Å²) < 4.78 is 16.6. The van der Waals surface area contributed by atoms with Crippen molar-refractivity contribution in [2.24, 2.45) is 0 Å². The molecule has 0 N–H and O–H groups in total. The molecule has 0 aliphatic heterocycles. The number of hydrogen-bond acceptors (Lipinski definition) is 6. The van der Waals surface area contributed by atoms with Crippen LogP contribution in [0.15, 0.2) is 122 Å². The van der Waals surface area contributed by atoms with Gasteiger partial charge >= 0.3 is 17.9 Å². The van der Waals surface area contributed by atoms with E-state index in [2.05, 4.69) is 142 Å². The second kappa shape index (κ2) is 52.4. The van der Waals surface area contributed by atoms with Crippen LogP contribution in [0, 0.1) is 0 Å². The van der Waals surface area contributed by atoms with E-state index in [9.17, 15) is 14.4 Å². The maximum absolute atomic E-state index is 12.8. The maximum atomic E-state index is 12.8. The van der Waals surface area contributed by atoms with Crippen LogP contribution in [0.25, 0.3) is 0 Å². The van der Waals surface area contributed by atoms with Gasteiger partial charge in [0.25, 0.3) is 0 Å². The highest BCUT2D eigenvalue weighted by atomic mass is 16.6. The molecule has 0 aliphatic rings. The number of carbonyl (C=O) groups excluding carboxylic acids is 3. The van der Waals surface area contributed by atoms with Crippen LogP contribution in [0.5, 0.6) is 0 Å². The molecule has 0 bridgehead atoms. The fraction of sp³-hybridized carbons (Fsp3) is 0.610. The van der Waals surface area contributed by atoms with Crippen LogP contribution in [-0.2, 0) is 28.6 Å². The summed E-state index contributed by atoms with van der Waals surface area (Å²) in [6.45, 7) is 6.26. The van der Waals surface area contributed by atoms with Crippen LogP contribution in [0.2, 0.25) is 0 Å². The molecule has 0 aromatic heterocycles. The number of carbonyl (C=O) groups is 3. The molecule has 0 saturated heterocycles. The van der Waals surface area contributed by atoms with Crippen molar-refractivity contribution in [1.82, 2.24) is 0 Å². The van der Waals surface area contributed by atoms with E-state index in [1.807, 2.05) is 0 Å². The first-order valence-electron chi connectivity index (χ1n) is 26.0.